The van der Waals surface area contributed by atoms with E-state index in [0.717, 1.165) is 25.9 Å². The van der Waals surface area contributed by atoms with Crippen molar-refractivity contribution in [3.05, 3.63) is 0 Å². The van der Waals surface area contributed by atoms with Crippen molar-refractivity contribution in [3.63, 3.8) is 0 Å². The third-order valence-corrected chi connectivity index (χ3v) is 4.15. The van der Waals surface area contributed by atoms with Gasteiger partial charge in [-0.15, -0.1) is 0 Å². The van der Waals surface area contributed by atoms with Gasteiger partial charge in [0.2, 0.25) is 11.8 Å². The summed E-state index contributed by atoms with van der Waals surface area (Å²) in [5.41, 5.74) is 0. The maximum absolute atomic E-state index is 12.4. The Morgan fingerprint density at radius 3 is 3.00 bits per heavy atom. The van der Waals surface area contributed by atoms with Gasteiger partial charge < -0.3 is 25.0 Å². The molecule has 136 valence electrons. The lowest BCUT2D eigenvalue weighted by molar-refractivity contribution is -0.151. The molecule has 2 aliphatic heterocycles. The number of hydrogen-bond donors (Lipinski definition) is 2. The number of carbonyl (C=O) groups excluding carboxylic acids is 3. The Hall–Kier alpha value is -1.67. The van der Waals surface area contributed by atoms with Crippen molar-refractivity contribution in [3.8, 4) is 0 Å². The van der Waals surface area contributed by atoms with Gasteiger partial charge in [0.05, 0.1) is 25.7 Å². The van der Waals surface area contributed by atoms with E-state index in [0.29, 0.717) is 26.2 Å². The van der Waals surface area contributed by atoms with Crippen LogP contribution in [-0.4, -0.2) is 74.2 Å². The second kappa shape index (κ2) is 9.58. The van der Waals surface area contributed by atoms with E-state index in [1.165, 1.54) is 4.90 Å². The van der Waals surface area contributed by atoms with Crippen LogP contribution >= 0.6 is 0 Å². The van der Waals surface area contributed by atoms with Crippen LogP contribution in [-0.2, 0) is 23.9 Å². The highest BCUT2D eigenvalue weighted by Gasteiger charge is 2.34. The molecular weight excluding hydrogens is 314 g/mol. The van der Waals surface area contributed by atoms with Crippen LogP contribution < -0.4 is 10.6 Å². The number of nitrogens with one attached hydrogen (secondary N) is 2. The zero-order valence-electron chi connectivity index (χ0n) is 14.2. The molecule has 2 amide bonds. The first-order valence-corrected chi connectivity index (χ1v) is 8.67. The lowest BCUT2D eigenvalue weighted by atomic mass is 10.1. The SMILES string of the molecule is CCCOC(=O)CC1C(=O)NCCN1C(=O)CNCC1CCCO1. The van der Waals surface area contributed by atoms with E-state index in [4.69, 9.17) is 9.47 Å². The van der Waals surface area contributed by atoms with Gasteiger partial charge in [-0.25, -0.2) is 0 Å². The van der Waals surface area contributed by atoms with E-state index in [1.807, 2.05) is 6.92 Å². The predicted octanol–water partition coefficient (Wildman–Crippen LogP) is -0.575. The second-order valence-electron chi connectivity index (χ2n) is 6.08. The van der Waals surface area contributed by atoms with E-state index in [1.54, 1.807) is 0 Å². The van der Waals surface area contributed by atoms with E-state index in [2.05, 4.69) is 10.6 Å². The van der Waals surface area contributed by atoms with Crippen molar-refractivity contribution < 1.29 is 23.9 Å². The van der Waals surface area contributed by atoms with Crippen LogP contribution in [0.3, 0.4) is 0 Å². The Morgan fingerprint density at radius 1 is 1.46 bits per heavy atom. The molecule has 0 spiro atoms. The third-order valence-electron chi connectivity index (χ3n) is 4.15. The van der Waals surface area contributed by atoms with Crippen LogP contribution in [0.2, 0.25) is 0 Å². The number of rotatable bonds is 8. The average Bonchev–Trinajstić information content (AvgIpc) is 3.08. The smallest absolute Gasteiger partial charge is 0.308 e. The predicted molar refractivity (Wildman–Crippen MR) is 86.2 cm³/mol. The highest BCUT2D eigenvalue weighted by molar-refractivity contribution is 5.92. The largest absolute Gasteiger partial charge is 0.466 e. The molecule has 2 aliphatic rings. The topological polar surface area (TPSA) is 97.0 Å². The number of nitrogens with zero attached hydrogens (tertiary/aromatic N) is 1. The number of hydrogen-bond acceptors (Lipinski definition) is 6. The fraction of sp³-hybridized carbons (Fsp3) is 0.812. The van der Waals surface area contributed by atoms with Crippen LogP contribution in [0, 0.1) is 0 Å². The molecule has 0 aliphatic carbocycles. The molecule has 8 heteroatoms. The lowest BCUT2D eigenvalue weighted by Gasteiger charge is -2.34. The molecule has 24 heavy (non-hydrogen) atoms. The Morgan fingerprint density at radius 2 is 2.29 bits per heavy atom. The van der Waals surface area contributed by atoms with Crippen LogP contribution in [0.1, 0.15) is 32.6 Å². The first kappa shape index (κ1) is 18.7. The van der Waals surface area contributed by atoms with Gasteiger partial charge in [0.1, 0.15) is 6.04 Å². The van der Waals surface area contributed by atoms with Gasteiger partial charge in [-0.1, -0.05) is 6.92 Å². The van der Waals surface area contributed by atoms with Gasteiger partial charge in [-0.05, 0) is 19.3 Å². The molecule has 0 aromatic rings. The summed E-state index contributed by atoms with van der Waals surface area (Å²) >= 11 is 0. The molecule has 2 atom stereocenters. The normalized spacial score (nSPS) is 23.9. The van der Waals surface area contributed by atoms with Crippen molar-refractivity contribution in [1.29, 1.82) is 0 Å². The van der Waals surface area contributed by atoms with Crippen molar-refractivity contribution >= 4 is 17.8 Å². The van der Waals surface area contributed by atoms with Gasteiger partial charge >= 0.3 is 5.97 Å². The minimum atomic E-state index is -0.792. The van der Waals surface area contributed by atoms with Crippen molar-refractivity contribution in [2.75, 3.05) is 39.4 Å². The zero-order chi connectivity index (χ0) is 17.4. The molecule has 0 aromatic heterocycles. The van der Waals surface area contributed by atoms with Gasteiger partial charge in [0.25, 0.3) is 0 Å². The number of esters is 1. The van der Waals surface area contributed by atoms with E-state index < -0.39 is 12.0 Å². The molecule has 2 heterocycles. The summed E-state index contributed by atoms with van der Waals surface area (Å²) in [5, 5.41) is 5.78. The second-order valence-corrected chi connectivity index (χ2v) is 6.08. The average molecular weight is 341 g/mol. The Labute approximate surface area is 142 Å². The fourth-order valence-electron chi connectivity index (χ4n) is 2.90. The molecule has 2 rings (SSSR count). The molecule has 8 nitrogen and oxygen atoms in total. The van der Waals surface area contributed by atoms with Crippen molar-refractivity contribution in [2.24, 2.45) is 0 Å². The van der Waals surface area contributed by atoms with Gasteiger partial charge in [0, 0.05) is 26.2 Å². The standard InChI is InChI=1S/C16H27N3O5/c1-2-7-24-15(21)9-13-16(22)18-5-6-19(13)14(20)11-17-10-12-4-3-8-23-12/h12-13,17H,2-11H2,1H3,(H,18,22). The number of amides is 2. The van der Waals surface area contributed by atoms with Crippen LogP contribution in [0.15, 0.2) is 0 Å². The quantitative estimate of drug-likeness (QED) is 0.574. The van der Waals surface area contributed by atoms with E-state index in [9.17, 15) is 14.4 Å². The summed E-state index contributed by atoms with van der Waals surface area (Å²) in [7, 11) is 0. The lowest BCUT2D eigenvalue weighted by Crippen LogP contribution is -2.59. The molecule has 0 radical (unpaired) electrons. The Kier molecular flexibility index (Phi) is 7.45. The zero-order valence-corrected chi connectivity index (χ0v) is 14.2. The van der Waals surface area contributed by atoms with E-state index in [-0.39, 0.29) is 30.9 Å². The summed E-state index contributed by atoms with van der Waals surface area (Å²) in [6.45, 7) is 4.55. The third kappa shape index (κ3) is 5.45. The maximum atomic E-state index is 12.4. The summed E-state index contributed by atoms with van der Waals surface area (Å²) < 4.78 is 10.5. The number of carbonyl (C=O) groups is 3. The maximum Gasteiger partial charge on any atom is 0.308 e. The van der Waals surface area contributed by atoms with Gasteiger partial charge in [0.15, 0.2) is 0 Å². The summed E-state index contributed by atoms with van der Waals surface area (Å²) in [4.78, 5) is 37.7. The minimum absolute atomic E-state index is 0.108. The Balaban J connectivity index is 1.82. The highest BCUT2D eigenvalue weighted by atomic mass is 16.5. The van der Waals surface area contributed by atoms with Crippen LogP contribution in [0.5, 0.6) is 0 Å². The minimum Gasteiger partial charge on any atom is -0.466 e. The van der Waals surface area contributed by atoms with Gasteiger partial charge in [-0.2, -0.15) is 0 Å². The van der Waals surface area contributed by atoms with Crippen molar-refractivity contribution in [1.82, 2.24) is 15.5 Å². The highest BCUT2D eigenvalue weighted by Crippen LogP contribution is 2.12. The van der Waals surface area contributed by atoms with Crippen molar-refractivity contribution in [2.45, 2.75) is 44.8 Å². The Bertz CT molecular complexity index is 451. The van der Waals surface area contributed by atoms with Gasteiger partial charge in [-0.3, -0.25) is 14.4 Å². The molecule has 0 aromatic carbocycles. The summed E-state index contributed by atoms with van der Waals surface area (Å²) in [6.07, 6.45) is 2.82. The summed E-state index contributed by atoms with van der Waals surface area (Å²) in [6, 6.07) is -0.792. The molecule has 0 saturated carbocycles. The molecule has 2 N–H and O–H groups in total. The molecule has 2 unspecified atom stereocenters. The fourth-order valence-corrected chi connectivity index (χ4v) is 2.90. The first-order chi connectivity index (χ1) is 11.6. The molecule has 0 bridgehead atoms. The van der Waals surface area contributed by atoms with Crippen LogP contribution in [0.25, 0.3) is 0 Å². The molecule has 2 fully saturated rings. The first-order valence-electron chi connectivity index (χ1n) is 8.67. The monoisotopic (exact) mass is 341 g/mol. The summed E-state index contributed by atoms with van der Waals surface area (Å²) in [5.74, 6) is -0.942. The molecule has 2 saturated heterocycles. The number of piperazine rings is 1. The number of ether oxygens (including phenoxy) is 2. The van der Waals surface area contributed by atoms with E-state index >= 15 is 0 Å². The van der Waals surface area contributed by atoms with Crippen LogP contribution in [0.4, 0.5) is 0 Å². The molecular formula is C16H27N3O5.